The summed E-state index contributed by atoms with van der Waals surface area (Å²) in [6.45, 7) is 4.86. The molecule has 2 rings (SSSR count). The van der Waals surface area contributed by atoms with E-state index in [1.807, 2.05) is 0 Å². The SMILES string of the molecule is COc1ccc(-c2nnc(CCNC(C)C)o2)c(F)c1. The van der Waals surface area contributed by atoms with Gasteiger partial charge in [-0.3, -0.25) is 0 Å². The Morgan fingerprint density at radius 1 is 1.35 bits per heavy atom. The lowest BCUT2D eigenvalue weighted by molar-refractivity contribution is 0.411. The molecule has 0 aliphatic carbocycles. The van der Waals surface area contributed by atoms with Crippen molar-refractivity contribution in [2.45, 2.75) is 26.3 Å². The van der Waals surface area contributed by atoms with E-state index in [1.54, 1.807) is 12.1 Å². The van der Waals surface area contributed by atoms with Crippen molar-refractivity contribution >= 4 is 0 Å². The van der Waals surface area contributed by atoms with Gasteiger partial charge in [0.1, 0.15) is 11.6 Å². The van der Waals surface area contributed by atoms with Crippen LogP contribution in [-0.4, -0.2) is 29.9 Å². The van der Waals surface area contributed by atoms with Crippen LogP contribution in [0, 0.1) is 5.82 Å². The second-order valence-corrected chi connectivity index (χ2v) is 4.71. The van der Waals surface area contributed by atoms with Crippen molar-refractivity contribution in [2.24, 2.45) is 0 Å². The van der Waals surface area contributed by atoms with E-state index in [0.29, 0.717) is 24.1 Å². The molecule has 0 bridgehead atoms. The Morgan fingerprint density at radius 2 is 2.15 bits per heavy atom. The first-order chi connectivity index (χ1) is 9.60. The van der Waals surface area contributed by atoms with Crippen LogP contribution < -0.4 is 10.1 Å². The van der Waals surface area contributed by atoms with Gasteiger partial charge >= 0.3 is 0 Å². The predicted octanol–water partition coefficient (Wildman–Crippen LogP) is 2.42. The normalized spacial score (nSPS) is 11.1. The first-order valence-electron chi connectivity index (χ1n) is 6.50. The van der Waals surface area contributed by atoms with Crippen LogP contribution >= 0.6 is 0 Å². The summed E-state index contributed by atoms with van der Waals surface area (Å²) < 4.78 is 24.3. The average molecular weight is 279 g/mol. The van der Waals surface area contributed by atoms with E-state index in [2.05, 4.69) is 29.4 Å². The van der Waals surface area contributed by atoms with Gasteiger partial charge in [0.2, 0.25) is 5.89 Å². The van der Waals surface area contributed by atoms with E-state index >= 15 is 0 Å². The molecule has 1 N–H and O–H groups in total. The highest BCUT2D eigenvalue weighted by Crippen LogP contribution is 2.25. The van der Waals surface area contributed by atoms with Crippen LogP contribution in [0.25, 0.3) is 11.5 Å². The fraction of sp³-hybridized carbons (Fsp3) is 0.429. The van der Waals surface area contributed by atoms with E-state index in [4.69, 9.17) is 9.15 Å². The Labute approximate surface area is 117 Å². The fourth-order valence-corrected chi connectivity index (χ4v) is 1.73. The van der Waals surface area contributed by atoms with Gasteiger partial charge in [-0.05, 0) is 12.1 Å². The van der Waals surface area contributed by atoms with Crippen molar-refractivity contribution in [1.29, 1.82) is 0 Å². The van der Waals surface area contributed by atoms with Gasteiger partial charge in [0.05, 0.1) is 12.7 Å². The van der Waals surface area contributed by atoms with Gasteiger partial charge in [-0.1, -0.05) is 13.8 Å². The largest absolute Gasteiger partial charge is 0.497 e. The third-order valence-corrected chi connectivity index (χ3v) is 2.76. The van der Waals surface area contributed by atoms with Crippen LogP contribution in [0.2, 0.25) is 0 Å². The molecule has 1 aromatic heterocycles. The van der Waals surface area contributed by atoms with Crippen LogP contribution in [0.5, 0.6) is 5.75 Å². The summed E-state index contributed by atoms with van der Waals surface area (Å²) in [5.41, 5.74) is 0.279. The van der Waals surface area contributed by atoms with Crippen LogP contribution in [0.3, 0.4) is 0 Å². The minimum atomic E-state index is -0.445. The second kappa shape index (κ2) is 6.47. The highest BCUT2D eigenvalue weighted by Gasteiger charge is 2.13. The molecule has 20 heavy (non-hydrogen) atoms. The standard InChI is InChI=1S/C14H18FN3O2/c1-9(2)16-7-6-13-17-18-14(20-13)11-5-4-10(19-3)8-12(11)15/h4-5,8-9,16H,6-7H2,1-3H3. The molecule has 5 nitrogen and oxygen atoms in total. The number of nitrogens with zero attached hydrogens (tertiary/aromatic N) is 2. The summed E-state index contributed by atoms with van der Waals surface area (Å²) in [6, 6.07) is 4.91. The lowest BCUT2D eigenvalue weighted by Crippen LogP contribution is -2.25. The molecule has 0 aliphatic heterocycles. The Kier molecular flexibility index (Phi) is 4.68. The van der Waals surface area contributed by atoms with Crippen molar-refractivity contribution in [3.05, 3.63) is 29.9 Å². The van der Waals surface area contributed by atoms with Crippen LogP contribution in [0.4, 0.5) is 4.39 Å². The first-order valence-corrected chi connectivity index (χ1v) is 6.50. The molecular weight excluding hydrogens is 261 g/mol. The molecule has 6 heteroatoms. The van der Waals surface area contributed by atoms with Gasteiger partial charge in [0.25, 0.3) is 5.89 Å². The quantitative estimate of drug-likeness (QED) is 0.880. The van der Waals surface area contributed by atoms with E-state index in [9.17, 15) is 4.39 Å². The predicted molar refractivity (Wildman–Crippen MR) is 73.1 cm³/mol. The number of hydrogen-bond acceptors (Lipinski definition) is 5. The minimum Gasteiger partial charge on any atom is -0.497 e. The maximum Gasteiger partial charge on any atom is 0.250 e. The molecule has 108 valence electrons. The third-order valence-electron chi connectivity index (χ3n) is 2.76. The Hall–Kier alpha value is -1.95. The molecule has 2 aromatic rings. The van der Waals surface area contributed by atoms with Gasteiger partial charge in [0, 0.05) is 25.1 Å². The minimum absolute atomic E-state index is 0.185. The molecule has 1 heterocycles. The Bertz CT molecular complexity index is 569. The fourth-order valence-electron chi connectivity index (χ4n) is 1.73. The maximum atomic E-state index is 13.9. The summed E-state index contributed by atoms with van der Waals surface area (Å²) >= 11 is 0. The summed E-state index contributed by atoms with van der Waals surface area (Å²) in [5.74, 6) is 0.681. The first kappa shape index (κ1) is 14.5. The molecule has 1 aromatic carbocycles. The molecule has 0 unspecified atom stereocenters. The number of hydrogen-bond donors (Lipinski definition) is 1. The molecule has 0 amide bonds. The van der Waals surface area contributed by atoms with Gasteiger partial charge < -0.3 is 14.5 Å². The molecule has 0 saturated carbocycles. The van der Waals surface area contributed by atoms with Gasteiger partial charge in [-0.15, -0.1) is 10.2 Å². The molecular formula is C14H18FN3O2. The van der Waals surface area contributed by atoms with Gasteiger partial charge in [-0.25, -0.2) is 4.39 Å². The lowest BCUT2D eigenvalue weighted by atomic mass is 10.2. The third kappa shape index (κ3) is 3.54. The topological polar surface area (TPSA) is 60.2 Å². The number of ether oxygens (including phenoxy) is 1. The summed E-state index contributed by atoms with van der Waals surface area (Å²) in [5, 5.41) is 11.0. The van der Waals surface area contributed by atoms with E-state index < -0.39 is 5.82 Å². The number of methoxy groups -OCH3 is 1. The molecule has 0 spiro atoms. The lowest BCUT2D eigenvalue weighted by Gasteiger charge is -2.05. The van der Waals surface area contributed by atoms with Crippen molar-refractivity contribution in [2.75, 3.05) is 13.7 Å². The smallest absolute Gasteiger partial charge is 0.250 e. The molecule has 0 fully saturated rings. The number of aromatic nitrogens is 2. The number of halogens is 1. The molecule has 0 saturated heterocycles. The van der Waals surface area contributed by atoms with E-state index in [1.165, 1.54) is 13.2 Å². The summed E-state index contributed by atoms with van der Waals surface area (Å²) in [4.78, 5) is 0. The van der Waals surface area contributed by atoms with Crippen LogP contribution in [-0.2, 0) is 6.42 Å². The zero-order chi connectivity index (χ0) is 14.5. The van der Waals surface area contributed by atoms with Gasteiger partial charge in [0.15, 0.2) is 0 Å². The number of nitrogens with one attached hydrogen (secondary N) is 1. The van der Waals surface area contributed by atoms with Crippen molar-refractivity contribution in [1.82, 2.24) is 15.5 Å². The van der Waals surface area contributed by atoms with Crippen molar-refractivity contribution in [3.63, 3.8) is 0 Å². The molecule has 0 atom stereocenters. The number of rotatable bonds is 6. The Balaban J connectivity index is 2.08. The Morgan fingerprint density at radius 3 is 2.80 bits per heavy atom. The second-order valence-electron chi connectivity index (χ2n) is 4.71. The maximum absolute atomic E-state index is 13.9. The van der Waals surface area contributed by atoms with Crippen LogP contribution in [0.1, 0.15) is 19.7 Å². The number of benzene rings is 1. The molecule has 0 radical (unpaired) electrons. The molecule has 0 aliphatic rings. The highest BCUT2D eigenvalue weighted by atomic mass is 19.1. The van der Waals surface area contributed by atoms with Crippen LogP contribution in [0.15, 0.2) is 22.6 Å². The van der Waals surface area contributed by atoms with Crippen molar-refractivity contribution < 1.29 is 13.5 Å². The van der Waals surface area contributed by atoms with Crippen molar-refractivity contribution in [3.8, 4) is 17.2 Å². The average Bonchev–Trinajstić information content (AvgIpc) is 2.86. The monoisotopic (exact) mass is 279 g/mol. The summed E-state index contributed by atoms with van der Waals surface area (Å²) in [7, 11) is 1.49. The van der Waals surface area contributed by atoms with E-state index in [0.717, 1.165) is 6.54 Å². The zero-order valence-corrected chi connectivity index (χ0v) is 11.8. The summed E-state index contributed by atoms with van der Waals surface area (Å²) in [6.07, 6.45) is 0.614. The zero-order valence-electron chi connectivity index (χ0n) is 11.8. The van der Waals surface area contributed by atoms with Gasteiger partial charge in [-0.2, -0.15) is 0 Å². The van der Waals surface area contributed by atoms with E-state index in [-0.39, 0.29) is 11.5 Å². The highest BCUT2D eigenvalue weighted by molar-refractivity contribution is 5.55.